The van der Waals surface area contributed by atoms with E-state index in [1.165, 1.54) is 5.56 Å². The van der Waals surface area contributed by atoms with Crippen LogP contribution in [0.4, 0.5) is 0 Å². The number of hydrogen-bond acceptors (Lipinski definition) is 3. The third-order valence-corrected chi connectivity index (χ3v) is 4.54. The first-order valence-corrected chi connectivity index (χ1v) is 7.95. The minimum absolute atomic E-state index is 0.107. The smallest absolute Gasteiger partial charge is 0.242 e. The van der Waals surface area contributed by atoms with Gasteiger partial charge in [-0.15, -0.1) is 0 Å². The van der Waals surface area contributed by atoms with Crippen molar-refractivity contribution >= 4 is 16.9 Å². The molecular weight excluding hydrogens is 278 g/mol. The second-order valence-corrected chi connectivity index (χ2v) is 5.92. The van der Waals surface area contributed by atoms with Crippen LogP contribution in [0.3, 0.4) is 0 Å². The Balaban J connectivity index is 1.81. The summed E-state index contributed by atoms with van der Waals surface area (Å²) in [7, 11) is 1.82. The molecule has 1 amide bonds. The van der Waals surface area contributed by atoms with Gasteiger partial charge in [0.2, 0.25) is 5.91 Å². The molecule has 0 atom stereocenters. The van der Waals surface area contributed by atoms with E-state index in [1.54, 1.807) is 11.2 Å². The summed E-state index contributed by atoms with van der Waals surface area (Å²) >= 11 is 0. The van der Waals surface area contributed by atoms with E-state index in [0.29, 0.717) is 12.5 Å². The van der Waals surface area contributed by atoms with Crippen molar-refractivity contribution in [2.45, 2.75) is 32.2 Å². The predicted molar refractivity (Wildman–Crippen MR) is 85.8 cm³/mol. The molecule has 1 aliphatic heterocycles. The zero-order chi connectivity index (χ0) is 15.5. The Kier molecular flexibility index (Phi) is 4.43. The molecule has 0 bridgehead atoms. The van der Waals surface area contributed by atoms with E-state index in [-0.39, 0.29) is 5.91 Å². The Morgan fingerprint density at radius 2 is 2.18 bits per heavy atom. The van der Waals surface area contributed by atoms with E-state index < -0.39 is 0 Å². The lowest BCUT2D eigenvalue weighted by atomic mass is 9.91. The molecule has 1 fully saturated rings. The summed E-state index contributed by atoms with van der Waals surface area (Å²) in [6, 6.07) is 6.42. The topological polar surface area (TPSA) is 47.4 Å². The Labute approximate surface area is 130 Å². The fraction of sp³-hybridized carbons (Fsp3) is 0.529. The van der Waals surface area contributed by atoms with Crippen molar-refractivity contribution in [1.29, 1.82) is 0 Å². The van der Waals surface area contributed by atoms with Gasteiger partial charge in [0.05, 0.1) is 17.4 Å². The van der Waals surface area contributed by atoms with Gasteiger partial charge in [-0.3, -0.25) is 4.79 Å². The van der Waals surface area contributed by atoms with Crippen molar-refractivity contribution in [2.24, 2.45) is 0 Å². The Bertz CT molecular complexity index is 659. The molecule has 0 saturated carbocycles. The first-order valence-electron chi connectivity index (χ1n) is 7.95. The second-order valence-electron chi connectivity index (χ2n) is 5.92. The first-order chi connectivity index (χ1) is 10.7. The molecule has 1 aromatic carbocycles. The first kappa shape index (κ1) is 15.0. The van der Waals surface area contributed by atoms with Crippen LogP contribution in [0.25, 0.3) is 11.0 Å². The number of ether oxygens (including phenoxy) is 1. The van der Waals surface area contributed by atoms with Gasteiger partial charge in [0, 0.05) is 26.8 Å². The Morgan fingerprint density at radius 3 is 2.91 bits per heavy atom. The van der Waals surface area contributed by atoms with Gasteiger partial charge >= 0.3 is 0 Å². The van der Waals surface area contributed by atoms with Crippen LogP contribution in [0.2, 0.25) is 0 Å². The molecule has 0 unspecified atom stereocenters. The van der Waals surface area contributed by atoms with Gasteiger partial charge in [-0.05, 0) is 43.4 Å². The zero-order valence-corrected chi connectivity index (χ0v) is 13.3. The Morgan fingerprint density at radius 1 is 1.41 bits per heavy atom. The number of hydrogen-bond donors (Lipinski definition) is 0. The standard InChI is InChI=1S/C17H23N3O2/c1-3-19(2)17(21)11-20-12-18-15-10-14(4-5-16(15)20)13-6-8-22-9-7-13/h4-5,10,12-13H,3,6-9,11H2,1-2H3. The lowest BCUT2D eigenvalue weighted by Gasteiger charge is -2.22. The summed E-state index contributed by atoms with van der Waals surface area (Å²) in [6.45, 7) is 4.73. The molecule has 0 N–H and O–H groups in total. The lowest BCUT2D eigenvalue weighted by molar-refractivity contribution is -0.130. The minimum atomic E-state index is 0.107. The van der Waals surface area contributed by atoms with Gasteiger partial charge in [0.25, 0.3) is 0 Å². The Hall–Kier alpha value is -1.88. The van der Waals surface area contributed by atoms with Gasteiger partial charge in [0.15, 0.2) is 0 Å². The van der Waals surface area contributed by atoms with Crippen LogP contribution >= 0.6 is 0 Å². The van der Waals surface area contributed by atoms with Gasteiger partial charge < -0.3 is 14.2 Å². The molecule has 0 aliphatic carbocycles. The monoisotopic (exact) mass is 301 g/mol. The van der Waals surface area contributed by atoms with Gasteiger partial charge in [-0.2, -0.15) is 0 Å². The lowest BCUT2D eigenvalue weighted by Crippen LogP contribution is -2.29. The maximum Gasteiger partial charge on any atom is 0.242 e. The maximum absolute atomic E-state index is 12.1. The van der Waals surface area contributed by atoms with Gasteiger partial charge in [-0.1, -0.05) is 6.07 Å². The van der Waals surface area contributed by atoms with Crippen molar-refractivity contribution in [3.63, 3.8) is 0 Å². The summed E-state index contributed by atoms with van der Waals surface area (Å²) < 4.78 is 7.36. The highest BCUT2D eigenvalue weighted by Gasteiger charge is 2.17. The largest absolute Gasteiger partial charge is 0.381 e. The molecule has 2 aromatic rings. The molecule has 2 heterocycles. The number of carbonyl (C=O) groups excluding carboxylic acids is 1. The fourth-order valence-corrected chi connectivity index (χ4v) is 2.93. The molecular formula is C17H23N3O2. The maximum atomic E-state index is 12.1. The highest BCUT2D eigenvalue weighted by molar-refractivity contribution is 5.81. The quantitative estimate of drug-likeness (QED) is 0.871. The molecule has 0 radical (unpaired) electrons. The number of likely N-dealkylation sites (N-methyl/N-ethyl adjacent to an activating group) is 1. The van der Waals surface area contributed by atoms with Crippen LogP contribution in [-0.4, -0.2) is 47.2 Å². The van der Waals surface area contributed by atoms with E-state index in [1.807, 2.05) is 18.5 Å². The number of nitrogens with zero attached hydrogens (tertiary/aromatic N) is 3. The normalized spacial score (nSPS) is 16.1. The number of aromatic nitrogens is 2. The average Bonchev–Trinajstić information content (AvgIpc) is 2.97. The number of amides is 1. The predicted octanol–water partition coefficient (Wildman–Crippen LogP) is 2.41. The van der Waals surface area contributed by atoms with Crippen LogP contribution in [0.1, 0.15) is 31.2 Å². The average molecular weight is 301 g/mol. The summed E-state index contributed by atoms with van der Waals surface area (Å²) in [5.41, 5.74) is 3.32. The van der Waals surface area contributed by atoms with Crippen LogP contribution in [-0.2, 0) is 16.1 Å². The van der Waals surface area contributed by atoms with E-state index >= 15 is 0 Å². The van der Waals surface area contributed by atoms with E-state index in [0.717, 1.165) is 43.6 Å². The third-order valence-electron chi connectivity index (χ3n) is 4.54. The van der Waals surface area contributed by atoms with E-state index in [4.69, 9.17) is 4.74 Å². The number of imidazole rings is 1. The summed E-state index contributed by atoms with van der Waals surface area (Å²) in [4.78, 5) is 18.3. The van der Waals surface area contributed by atoms with Crippen LogP contribution in [0, 0.1) is 0 Å². The van der Waals surface area contributed by atoms with Crippen LogP contribution in [0.15, 0.2) is 24.5 Å². The number of benzene rings is 1. The number of carbonyl (C=O) groups is 1. The van der Waals surface area contributed by atoms with Crippen molar-refractivity contribution in [3.8, 4) is 0 Å². The van der Waals surface area contributed by atoms with Crippen molar-refractivity contribution < 1.29 is 9.53 Å². The van der Waals surface area contributed by atoms with Crippen LogP contribution < -0.4 is 0 Å². The molecule has 1 aromatic heterocycles. The molecule has 3 rings (SSSR count). The number of fused-ring (bicyclic) bond motifs is 1. The van der Waals surface area contributed by atoms with E-state index in [2.05, 4.69) is 23.2 Å². The molecule has 1 aliphatic rings. The molecule has 118 valence electrons. The molecule has 22 heavy (non-hydrogen) atoms. The van der Waals surface area contributed by atoms with Crippen molar-refractivity contribution in [3.05, 3.63) is 30.1 Å². The summed E-state index contributed by atoms with van der Waals surface area (Å²) in [5, 5.41) is 0. The SMILES string of the molecule is CCN(C)C(=O)Cn1cnc2cc(C3CCOCC3)ccc21. The molecule has 5 heteroatoms. The molecule has 5 nitrogen and oxygen atoms in total. The third kappa shape index (κ3) is 2.99. The van der Waals surface area contributed by atoms with Crippen molar-refractivity contribution in [2.75, 3.05) is 26.8 Å². The minimum Gasteiger partial charge on any atom is -0.381 e. The van der Waals surface area contributed by atoms with Gasteiger partial charge in [0.1, 0.15) is 6.54 Å². The summed E-state index contributed by atoms with van der Waals surface area (Å²) in [5.74, 6) is 0.673. The highest BCUT2D eigenvalue weighted by atomic mass is 16.5. The summed E-state index contributed by atoms with van der Waals surface area (Å²) in [6.07, 6.45) is 3.91. The molecule has 0 spiro atoms. The highest BCUT2D eigenvalue weighted by Crippen LogP contribution is 2.28. The fourth-order valence-electron chi connectivity index (χ4n) is 2.93. The second kappa shape index (κ2) is 6.48. The molecule has 1 saturated heterocycles. The number of rotatable bonds is 4. The van der Waals surface area contributed by atoms with E-state index in [9.17, 15) is 4.79 Å². The van der Waals surface area contributed by atoms with Gasteiger partial charge in [-0.25, -0.2) is 4.98 Å². The van der Waals surface area contributed by atoms with Crippen LogP contribution in [0.5, 0.6) is 0 Å². The zero-order valence-electron chi connectivity index (χ0n) is 13.3. The van der Waals surface area contributed by atoms with Crippen molar-refractivity contribution in [1.82, 2.24) is 14.5 Å².